The number of carbonyl (C=O) groups excluding carboxylic acids is 3. The predicted molar refractivity (Wildman–Crippen MR) is 107 cm³/mol. The second-order valence-corrected chi connectivity index (χ2v) is 7.87. The average Bonchev–Trinajstić information content (AvgIpc) is 3.15. The molecule has 1 aromatic carbocycles. The van der Waals surface area contributed by atoms with Gasteiger partial charge in [0.1, 0.15) is 4.88 Å². The van der Waals surface area contributed by atoms with Crippen LogP contribution < -0.4 is 5.32 Å². The second-order valence-electron chi connectivity index (χ2n) is 6.74. The number of esters is 2. The first-order valence-electron chi connectivity index (χ1n) is 9.27. The average molecular weight is 401 g/mol. The fourth-order valence-electron chi connectivity index (χ4n) is 3.32. The third-order valence-corrected chi connectivity index (χ3v) is 6.12. The molecule has 7 heteroatoms. The van der Waals surface area contributed by atoms with Crippen LogP contribution in [0.15, 0.2) is 30.3 Å². The van der Waals surface area contributed by atoms with Crippen LogP contribution in [0.5, 0.6) is 0 Å². The van der Waals surface area contributed by atoms with Crippen LogP contribution in [-0.4, -0.2) is 31.6 Å². The summed E-state index contributed by atoms with van der Waals surface area (Å²) < 4.78 is 9.86. The van der Waals surface area contributed by atoms with E-state index in [0.717, 1.165) is 25.7 Å². The molecule has 1 aliphatic carbocycles. The van der Waals surface area contributed by atoms with Crippen molar-refractivity contribution in [1.82, 2.24) is 0 Å². The molecule has 6 nitrogen and oxygen atoms in total. The molecule has 1 aliphatic rings. The molecule has 0 bridgehead atoms. The lowest BCUT2D eigenvalue weighted by Gasteiger charge is -2.19. The zero-order valence-electron chi connectivity index (χ0n) is 15.9. The molecule has 1 aromatic heterocycles. The van der Waals surface area contributed by atoms with Crippen molar-refractivity contribution in [3.63, 3.8) is 0 Å². The van der Waals surface area contributed by atoms with Crippen molar-refractivity contribution >= 4 is 34.9 Å². The van der Waals surface area contributed by atoms with Crippen molar-refractivity contribution < 1.29 is 23.9 Å². The maximum Gasteiger partial charge on any atom is 0.348 e. The molecule has 0 saturated heterocycles. The number of carbonyl (C=O) groups is 3. The van der Waals surface area contributed by atoms with E-state index in [1.807, 2.05) is 6.07 Å². The molecule has 2 aromatic rings. The van der Waals surface area contributed by atoms with Crippen LogP contribution in [0.25, 0.3) is 0 Å². The fourth-order valence-corrected chi connectivity index (χ4v) is 4.42. The van der Waals surface area contributed by atoms with E-state index in [-0.39, 0.29) is 5.56 Å². The highest BCUT2D eigenvalue weighted by Gasteiger charge is 2.23. The number of amides is 1. The molecular weight excluding hydrogens is 378 g/mol. The number of hydrogen-bond donors (Lipinski definition) is 1. The number of nitrogens with one attached hydrogen (secondary N) is 1. The topological polar surface area (TPSA) is 81.7 Å². The first-order chi connectivity index (χ1) is 13.5. The summed E-state index contributed by atoms with van der Waals surface area (Å²) in [7, 11) is 1.27. The third kappa shape index (κ3) is 4.59. The molecular formula is C21H23NO5S. The van der Waals surface area contributed by atoms with Gasteiger partial charge in [0, 0.05) is 4.88 Å². The van der Waals surface area contributed by atoms with E-state index in [4.69, 9.17) is 9.47 Å². The Balaban J connectivity index is 1.58. The van der Waals surface area contributed by atoms with Crippen LogP contribution in [0.2, 0.25) is 0 Å². The number of anilines is 1. The van der Waals surface area contributed by atoms with Gasteiger partial charge in [0.05, 0.1) is 18.4 Å². The van der Waals surface area contributed by atoms with Crippen molar-refractivity contribution in [3.05, 3.63) is 51.2 Å². The molecule has 1 unspecified atom stereocenters. The van der Waals surface area contributed by atoms with E-state index in [0.29, 0.717) is 16.5 Å². The molecule has 1 N–H and O–H groups in total. The Morgan fingerprint density at radius 1 is 1.21 bits per heavy atom. The Labute approximate surface area is 167 Å². The van der Waals surface area contributed by atoms with Gasteiger partial charge >= 0.3 is 11.9 Å². The number of thiophene rings is 1. The number of para-hydroxylation sites is 1. The summed E-state index contributed by atoms with van der Waals surface area (Å²) in [6, 6.07) is 8.39. The summed E-state index contributed by atoms with van der Waals surface area (Å²) >= 11 is 1.45. The smallest absolute Gasteiger partial charge is 0.348 e. The van der Waals surface area contributed by atoms with Crippen LogP contribution in [0, 0.1) is 5.92 Å². The van der Waals surface area contributed by atoms with Crippen LogP contribution >= 0.6 is 11.3 Å². The van der Waals surface area contributed by atoms with Gasteiger partial charge in [-0.25, -0.2) is 9.59 Å². The molecule has 1 atom stereocenters. The van der Waals surface area contributed by atoms with E-state index in [1.165, 1.54) is 28.9 Å². The molecule has 28 heavy (non-hydrogen) atoms. The molecule has 0 saturated carbocycles. The highest BCUT2D eigenvalue weighted by Crippen LogP contribution is 2.33. The SMILES string of the molecule is CCC1CCc2sc(C(=O)OCC(=O)Nc3ccccc3C(=O)OC)cc2C1. The first-order valence-corrected chi connectivity index (χ1v) is 10.1. The molecule has 0 spiro atoms. The summed E-state index contributed by atoms with van der Waals surface area (Å²) in [6.45, 7) is 1.77. The van der Waals surface area contributed by atoms with Crippen molar-refractivity contribution in [3.8, 4) is 0 Å². The summed E-state index contributed by atoms with van der Waals surface area (Å²) in [5, 5.41) is 2.58. The number of ether oxygens (including phenoxy) is 2. The zero-order valence-corrected chi connectivity index (χ0v) is 16.8. The lowest BCUT2D eigenvalue weighted by atomic mass is 9.87. The molecule has 0 fully saturated rings. The summed E-state index contributed by atoms with van der Waals surface area (Å²) in [5.74, 6) is -0.894. The van der Waals surface area contributed by atoms with Gasteiger partial charge < -0.3 is 14.8 Å². The fraction of sp³-hybridized carbons (Fsp3) is 0.381. The van der Waals surface area contributed by atoms with Crippen LogP contribution in [0.4, 0.5) is 5.69 Å². The Kier molecular flexibility index (Phi) is 6.46. The number of aryl methyl sites for hydroxylation is 1. The lowest BCUT2D eigenvalue weighted by Crippen LogP contribution is -2.22. The highest BCUT2D eigenvalue weighted by atomic mass is 32.1. The van der Waals surface area contributed by atoms with Crippen LogP contribution in [0.1, 0.15) is 50.2 Å². The van der Waals surface area contributed by atoms with Crippen molar-refractivity contribution in [2.24, 2.45) is 5.92 Å². The summed E-state index contributed by atoms with van der Waals surface area (Å²) in [5.41, 5.74) is 1.78. The number of hydrogen-bond acceptors (Lipinski definition) is 6. The summed E-state index contributed by atoms with van der Waals surface area (Å²) in [6.07, 6.45) is 4.29. The zero-order chi connectivity index (χ0) is 20.1. The lowest BCUT2D eigenvalue weighted by molar-refractivity contribution is -0.119. The minimum Gasteiger partial charge on any atom is -0.465 e. The largest absolute Gasteiger partial charge is 0.465 e. The standard InChI is InChI=1S/C21H23NO5S/c1-3-13-8-9-17-14(10-13)11-18(28-17)21(25)27-12-19(23)22-16-7-5-4-6-15(16)20(24)26-2/h4-7,11,13H,3,8-10,12H2,1-2H3,(H,22,23). The number of methoxy groups -OCH3 is 1. The van der Waals surface area contributed by atoms with Crippen molar-refractivity contribution in [1.29, 1.82) is 0 Å². The molecule has 1 amide bonds. The van der Waals surface area contributed by atoms with Gasteiger partial charge in [-0.15, -0.1) is 11.3 Å². The normalized spacial score (nSPS) is 15.4. The van der Waals surface area contributed by atoms with Gasteiger partial charge in [0.2, 0.25) is 0 Å². The highest BCUT2D eigenvalue weighted by molar-refractivity contribution is 7.14. The van der Waals surface area contributed by atoms with Crippen LogP contribution in [0.3, 0.4) is 0 Å². The Hall–Kier alpha value is -2.67. The molecule has 3 rings (SSSR count). The van der Waals surface area contributed by atoms with Gasteiger partial charge in [-0.2, -0.15) is 0 Å². The number of rotatable bonds is 6. The minimum atomic E-state index is -0.553. The molecule has 148 valence electrons. The quantitative estimate of drug-likeness (QED) is 0.744. The third-order valence-electron chi connectivity index (χ3n) is 4.90. The number of benzene rings is 1. The van der Waals surface area contributed by atoms with Crippen molar-refractivity contribution in [2.75, 3.05) is 19.0 Å². The van der Waals surface area contributed by atoms with Gasteiger partial charge in [0.15, 0.2) is 6.61 Å². The van der Waals surface area contributed by atoms with E-state index in [1.54, 1.807) is 24.3 Å². The second kappa shape index (κ2) is 9.01. The predicted octanol–water partition coefficient (Wildman–Crippen LogP) is 3.85. The maximum absolute atomic E-state index is 12.3. The molecule has 0 aliphatic heterocycles. The minimum absolute atomic E-state index is 0.237. The van der Waals surface area contributed by atoms with Gasteiger partial charge in [-0.3, -0.25) is 4.79 Å². The van der Waals surface area contributed by atoms with E-state index < -0.39 is 24.5 Å². The van der Waals surface area contributed by atoms with Crippen molar-refractivity contribution in [2.45, 2.75) is 32.6 Å². The summed E-state index contributed by atoms with van der Waals surface area (Å²) in [4.78, 5) is 38.0. The Morgan fingerprint density at radius 2 is 2.00 bits per heavy atom. The Bertz CT molecular complexity index is 889. The monoisotopic (exact) mass is 401 g/mol. The molecule has 1 heterocycles. The van der Waals surface area contributed by atoms with Gasteiger partial charge in [-0.05, 0) is 48.9 Å². The Morgan fingerprint density at radius 3 is 2.75 bits per heavy atom. The van der Waals surface area contributed by atoms with Gasteiger partial charge in [-0.1, -0.05) is 25.5 Å². The van der Waals surface area contributed by atoms with Gasteiger partial charge in [0.25, 0.3) is 5.91 Å². The first kappa shape index (κ1) is 20.1. The van der Waals surface area contributed by atoms with E-state index in [9.17, 15) is 14.4 Å². The number of fused-ring (bicyclic) bond motifs is 1. The molecule has 0 radical (unpaired) electrons. The maximum atomic E-state index is 12.3. The van der Waals surface area contributed by atoms with E-state index in [2.05, 4.69) is 12.2 Å². The van der Waals surface area contributed by atoms with Crippen LogP contribution in [-0.2, 0) is 27.1 Å². The van der Waals surface area contributed by atoms with E-state index >= 15 is 0 Å².